The van der Waals surface area contributed by atoms with Gasteiger partial charge in [0.1, 0.15) is 11.4 Å². The van der Waals surface area contributed by atoms with Gasteiger partial charge in [-0.05, 0) is 44.9 Å². The number of nitrogens with one attached hydrogen (secondary N) is 2. The van der Waals surface area contributed by atoms with E-state index in [1.165, 1.54) is 19.2 Å². The van der Waals surface area contributed by atoms with E-state index >= 15 is 0 Å². The third-order valence-corrected chi connectivity index (χ3v) is 7.91. The van der Waals surface area contributed by atoms with Gasteiger partial charge in [0.25, 0.3) is 5.91 Å². The number of allylic oxidation sites excluding steroid dienone is 1. The molecule has 13 heteroatoms. The molecule has 0 bridgehead atoms. The molecule has 2 amide bonds. The fraction of sp³-hybridized carbons (Fsp3) is 0.483. The maximum atomic E-state index is 13.4. The first-order valence-electron chi connectivity index (χ1n) is 13.9. The van der Waals surface area contributed by atoms with Crippen molar-refractivity contribution in [1.29, 1.82) is 0 Å². The summed E-state index contributed by atoms with van der Waals surface area (Å²) in [6, 6.07) is 4.76. The normalized spacial score (nSPS) is 19.1. The molecule has 1 aromatic heterocycles. The molecule has 0 radical (unpaired) electrons. The Morgan fingerprint density at radius 2 is 1.93 bits per heavy atom. The smallest absolute Gasteiger partial charge is 0.419 e. The summed E-state index contributed by atoms with van der Waals surface area (Å²) in [7, 11) is 3.16. The van der Waals surface area contributed by atoms with Gasteiger partial charge in [0.15, 0.2) is 5.82 Å². The predicted molar refractivity (Wildman–Crippen MR) is 154 cm³/mol. The molecular formula is C29H34F3N7O3. The molecule has 10 nitrogen and oxygen atoms in total. The highest BCUT2D eigenvalue weighted by Gasteiger charge is 2.41. The minimum atomic E-state index is -4.63. The third-order valence-electron chi connectivity index (χ3n) is 7.91. The van der Waals surface area contributed by atoms with Crippen molar-refractivity contribution in [2.75, 3.05) is 42.4 Å². The van der Waals surface area contributed by atoms with E-state index in [0.717, 1.165) is 31.9 Å². The first kappa shape index (κ1) is 29.3. The highest BCUT2D eigenvalue weighted by atomic mass is 19.4. The van der Waals surface area contributed by atoms with Gasteiger partial charge in [-0.25, -0.2) is 4.98 Å². The Labute approximate surface area is 242 Å². The van der Waals surface area contributed by atoms with Crippen LogP contribution in [0.15, 0.2) is 40.7 Å². The number of halogens is 3. The van der Waals surface area contributed by atoms with Crippen molar-refractivity contribution in [3.63, 3.8) is 0 Å². The zero-order chi connectivity index (χ0) is 30.2. The van der Waals surface area contributed by atoms with Gasteiger partial charge in [0.05, 0.1) is 30.0 Å². The topological polar surface area (TPSA) is 112 Å². The fourth-order valence-electron chi connectivity index (χ4n) is 5.71. The predicted octanol–water partition coefficient (Wildman–Crippen LogP) is 5.00. The number of methoxy groups -OCH3 is 1. The van der Waals surface area contributed by atoms with Gasteiger partial charge in [-0.3, -0.25) is 14.6 Å². The standard InChI is InChI=1S/C29H34F3N7O3/c1-28(2)16-39(18-7-5-6-8-18)24-22(38(3)26(28)41)15-34-27(37-24)36-21-10-9-17(13-23(21)42-4)25(40)35-20-11-12-33-14-19(20)29(30,31)32/h9-10,13-15,18H,5-8,11-12,16H2,1-4H3,(H,35,40)(H,34,36,37). The van der Waals surface area contributed by atoms with Crippen molar-refractivity contribution in [2.24, 2.45) is 10.4 Å². The number of nitrogens with zero attached hydrogens (tertiary/aromatic N) is 5. The van der Waals surface area contributed by atoms with Gasteiger partial charge in [-0.1, -0.05) is 12.8 Å². The Morgan fingerprint density at radius 1 is 1.19 bits per heavy atom. The van der Waals surface area contributed by atoms with Crippen molar-refractivity contribution >= 4 is 41.2 Å². The highest BCUT2D eigenvalue weighted by molar-refractivity contribution is 6.01. The second-order valence-electron chi connectivity index (χ2n) is 11.4. The molecule has 1 aliphatic carbocycles. The van der Waals surface area contributed by atoms with Crippen LogP contribution in [0.2, 0.25) is 0 Å². The second-order valence-corrected chi connectivity index (χ2v) is 11.4. The monoisotopic (exact) mass is 585 g/mol. The average Bonchev–Trinajstić information content (AvgIpc) is 3.48. The second kappa shape index (κ2) is 11.3. The van der Waals surface area contributed by atoms with Gasteiger partial charge in [0, 0.05) is 50.1 Å². The van der Waals surface area contributed by atoms with E-state index in [1.807, 2.05) is 13.8 Å². The summed E-state index contributed by atoms with van der Waals surface area (Å²) in [6.07, 6.45) is 2.00. The number of aliphatic imine (C=N–C) groups is 1. The lowest BCUT2D eigenvalue weighted by Gasteiger charge is -2.34. The van der Waals surface area contributed by atoms with Crippen molar-refractivity contribution in [3.8, 4) is 5.75 Å². The van der Waals surface area contributed by atoms with Crippen molar-refractivity contribution < 1.29 is 27.5 Å². The molecule has 0 atom stereocenters. The Kier molecular flexibility index (Phi) is 7.86. The van der Waals surface area contributed by atoms with Crippen molar-refractivity contribution in [1.82, 2.24) is 15.3 Å². The maximum Gasteiger partial charge on any atom is 0.419 e. The van der Waals surface area contributed by atoms with Crippen molar-refractivity contribution in [3.05, 3.63) is 41.2 Å². The first-order chi connectivity index (χ1) is 19.9. The van der Waals surface area contributed by atoms with Crippen LogP contribution in [0, 0.1) is 5.41 Å². The summed E-state index contributed by atoms with van der Waals surface area (Å²) in [5.41, 5.74) is -0.601. The number of fused-ring (bicyclic) bond motifs is 1. The number of alkyl halides is 3. The molecule has 2 aliphatic heterocycles. The lowest BCUT2D eigenvalue weighted by atomic mass is 9.91. The SMILES string of the molecule is COc1cc(C(=O)NC2=C(C(F)(F)F)C=NCC2)ccc1Nc1ncc2c(n1)N(C1CCCC1)CC(C)(C)C(=O)N2C. The van der Waals surface area contributed by atoms with E-state index in [2.05, 4.69) is 25.5 Å². The molecule has 1 saturated carbocycles. The van der Waals surface area contributed by atoms with Crippen LogP contribution >= 0.6 is 0 Å². The highest BCUT2D eigenvalue weighted by Crippen LogP contribution is 2.41. The Bertz CT molecular complexity index is 1450. The molecule has 42 heavy (non-hydrogen) atoms. The van der Waals surface area contributed by atoms with Crippen LogP contribution in [0.4, 0.5) is 36.3 Å². The number of hydrogen-bond acceptors (Lipinski definition) is 8. The third kappa shape index (κ3) is 5.77. The Balaban J connectivity index is 1.42. The van der Waals surface area contributed by atoms with Crippen LogP contribution in [-0.4, -0.2) is 67.5 Å². The largest absolute Gasteiger partial charge is 0.495 e. The van der Waals surface area contributed by atoms with Gasteiger partial charge < -0.3 is 25.2 Å². The van der Waals surface area contributed by atoms with E-state index in [-0.39, 0.29) is 47.9 Å². The Morgan fingerprint density at radius 3 is 2.62 bits per heavy atom. The summed E-state index contributed by atoms with van der Waals surface area (Å²) in [5.74, 6) is 0.505. The number of aromatic nitrogens is 2. The van der Waals surface area contributed by atoms with Crippen LogP contribution in [0.3, 0.4) is 0 Å². The first-order valence-corrected chi connectivity index (χ1v) is 13.9. The fourth-order valence-corrected chi connectivity index (χ4v) is 5.71. The number of rotatable bonds is 6. The minimum absolute atomic E-state index is 0.0114. The molecule has 5 rings (SSSR count). The number of benzene rings is 1. The molecule has 0 unspecified atom stereocenters. The number of hydrogen-bond donors (Lipinski definition) is 2. The minimum Gasteiger partial charge on any atom is -0.495 e. The number of ether oxygens (including phenoxy) is 1. The van der Waals surface area contributed by atoms with Gasteiger partial charge in [-0.2, -0.15) is 18.2 Å². The molecule has 2 aromatic rings. The Hall–Kier alpha value is -4.16. The van der Waals surface area contributed by atoms with Crippen molar-refractivity contribution in [2.45, 2.75) is 58.2 Å². The molecule has 1 aromatic carbocycles. The quantitative estimate of drug-likeness (QED) is 0.491. The molecule has 224 valence electrons. The van der Waals surface area contributed by atoms with E-state index in [4.69, 9.17) is 9.72 Å². The van der Waals surface area contributed by atoms with Crippen LogP contribution in [0.25, 0.3) is 0 Å². The number of dihydropyridines is 1. The van der Waals surface area contributed by atoms with E-state index in [1.54, 1.807) is 24.2 Å². The van der Waals surface area contributed by atoms with Gasteiger partial charge in [0.2, 0.25) is 11.9 Å². The number of carbonyl (C=O) groups excluding carboxylic acids is 2. The lowest BCUT2D eigenvalue weighted by molar-refractivity contribution is -0.125. The molecule has 0 saturated heterocycles. The molecule has 3 heterocycles. The number of anilines is 4. The molecule has 2 N–H and O–H groups in total. The van der Waals surface area contributed by atoms with Crippen LogP contribution in [-0.2, 0) is 4.79 Å². The van der Waals surface area contributed by atoms with Crippen LogP contribution in [0.5, 0.6) is 5.75 Å². The summed E-state index contributed by atoms with van der Waals surface area (Å²) < 4.78 is 45.6. The van der Waals surface area contributed by atoms with E-state index in [0.29, 0.717) is 23.7 Å². The average molecular weight is 586 g/mol. The zero-order valence-electron chi connectivity index (χ0n) is 24.0. The maximum absolute atomic E-state index is 13.4. The van der Waals surface area contributed by atoms with Gasteiger partial charge >= 0.3 is 6.18 Å². The molecule has 1 fully saturated rings. The summed E-state index contributed by atoms with van der Waals surface area (Å²) in [6.45, 7) is 4.56. The van der Waals surface area contributed by atoms with Crippen LogP contribution in [0.1, 0.15) is 56.3 Å². The van der Waals surface area contributed by atoms with E-state index < -0.39 is 23.1 Å². The van der Waals surface area contributed by atoms with Crippen LogP contribution < -0.4 is 25.2 Å². The summed E-state index contributed by atoms with van der Waals surface area (Å²) in [4.78, 5) is 43.0. The zero-order valence-corrected chi connectivity index (χ0v) is 24.0. The molecular weight excluding hydrogens is 551 g/mol. The summed E-state index contributed by atoms with van der Waals surface area (Å²) in [5, 5.41) is 5.53. The summed E-state index contributed by atoms with van der Waals surface area (Å²) >= 11 is 0. The lowest BCUT2D eigenvalue weighted by Crippen LogP contribution is -2.45. The van der Waals surface area contributed by atoms with Gasteiger partial charge in [-0.15, -0.1) is 0 Å². The number of amides is 2. The molecule has 0 spiro atoms. The van der Waals surface area contributed by atoms with E-state index in [9.17, 15) is 22.8 Å². The molecule has 3 aliphatic rings. The number of carbonyl (C=O) groups is 2.